The molecule has 4 heteroatoms. The van der Waals surface area contributed by atoms with Gasteiger partial charge in [0.1, 0.15) is 4.60 Å². The first-order chi connectivity index (χ1) is 7.24. The monoisotopic (exact) mass is 267 g/mol. The van der Waals surface area contributed by atoms with E-state index in [1.807, 2.05) is 4.52 Å². The van der Waals surface area contributed by atoms with Gasteiger partial charge in [-0.2, -0.15) is 5.10 Å². The average molecular weight is 268 g/mol. The summed E-state index contributed by atoms with van der Waals surface area (Å²) in [6.07, 6.45) is 3.11. The van der Waals surface area contributed by atoms with Crippen molar-refractivity contribution >= 4 is 21.6 Å². The molecule has 2 heterocycles. The summed E-state index contributed by atoms with van der Waals surface area (Å²) in [5.41, 5.74) is 2.25. The lowest BCUT2D eigenvalue weighted by Crippen LogP contribution is -1.93. The molecular formula is C11H14BrN3. The van der Waals surface area contributed by atoms with Gasteiger partial charge in [-0.15, -0.1) is 0 Å². The second-order valence-electron chi connectivity index (χ2n) is 3.59. The summed E-state index contributed by atoms with van der Waals surface area (Å²) in [6.45, 7) is 4.25. The Morgan fingerprint density at radius 1 is 1.33 bits per heavy atom. The lowest BCUT2D eigenvalue weighted by molar-refractivity contribution is 0.860. The van der Waals surface area contributed by atoms with Gasteiger partial charge in [0.2, 0.25) is 0 Å². The summed E-state index contributed by atoms with van der Waals surface area (Å²) in [5.74, 6) is 0.893. The van der Waals surface area contributed by atoms with Gasteiger partial charge in [0, 0.05) is 6.42 Å². The van der Waals surface area contributed by atoms with E-state index in [0.29, 0.717) is 0 Å². The quantitative estimate of drug-likeness (QED) is 0.801. The summed E-state index contributed by atoms with van der Waals surface area (Å²) >= 11 is 3.52. The van der Waals surface area contributed by atoms with E-state index in [-0.39, 0.29) is 0 Å². The van der Waals surface area contributed by atoms with Crippen LogP contribution in [0.1, 0.15) is 31.7 Å². The van der Waals surface area contributed by atoms with Crippen LogP contribution in [0.2, 0.25) is 0 Å². The summed E-state index contributed by atoms with van der Waals surface area (Å²) in [4.78, 5) is 4.46. The fraction of sp³-hybridized carbons (Fsp3) is 0.455. The van der Waals surface area contributed by atoms with E-state index in [1.165, 1.54) is 5.56 Å². The van der Waals surface area contributed by atoms with Gasteiger partial charge >= 0.3 is 0 Å². The maximum absolute atomic E-state index is 4.46. The van der Waals surface area contributed by atoms with Crippen molar-refractivity contribution in [3.8, 4) is 0 Å². The molecular weight excluding hydrogens is 254 g/mol. The normalized spacial score (nSPS) is 11.1. The first-order valence-corrected chi connectivity index (χ1v) is 6.08. The van der Waals surface area contributed by atoms with Crippen molar-refractivity contribution in [2.75, 3.05) is 0 Å². The molecule has 0 aromatic carbocycles. The Labute approximate surface area is 97.6 Å². The molecule has 0 spiro atoms. The van der Waals surface area contributed by atoms with Crippen LogP contribution in [0, 0.1) is 0 Å². The number of hydrogen-bond acceptors (Lipinski definition) is 2. The number of aryl methyl sites for hydroxylation is 2. The van der Waals surface area contributed by atoms with Gasteiger partial charge in [0.25, 0.3) is 0 Å². The second-order valence-corrected chi connectivity index (χ2v) is 4.40. The highest BCUT2D eigenvalue weighted by molar-refractivity contribution is 9.10. The predicted molar refractivity (Wildman–Crippen MR) is 64.1 cm³/mol. The van der Waals surface area contributed by atoms with Crippen LogP contribution in [-0.4, -0.2) is 14.6 Å². The van der Waals surface area contributed by atoms with E-state index in [1.54, 1.807) is 0 Å². The molecule has 0 saturated heterocycles. The number of pyridine rings is 1. The second kappa shape index (κ2) is 4.31. The standard InChI is InChI=1S/C11H14BrN3/c1-3-5-8-6-9(12)15-11(7-8)13-10(4-2)14-15/h6-7H,3-5H2,1-2H3. The predicted octanol–water partition coefficient (Wildman–Crippen LogP) is 3.01. The van der Waals surface area contributed by atoms with Crippen LogP contribution in [0.3, 0.4) is 0 Å². The van der Waals surface area contributed by atoms with Gasteiger partial charge in [-0.05, 0) is 40.0 Å². The number of nitrogens with zero attached hydrogens (tertiary/aromatic N) is 3. The SMILES string of the molecule is CCCc1cc(Br)n2nc(CC)nc2c1. The Hall–Kier alpha value is -0.900. The highest BCUT2D eigenvalue weighted by atomic mass is 79.9. The van der Waals surface area contributed by atoms with Crippen molar-refractivity contribution in [3.63, 3.8) is 0 Å². The van der Waals surface area contributed by atoms with E-state index in [4.69, 9.17) is 0 Å². The Kier molecular flexibility index (Phi) is 3.05. The Bertz CT molecular complexity index is 476. The summed E-state index contributed by atoms with van der Waals surface area (Å²) in [5, 5.41) is 4.39. The van der Waals surface area contributed by atoms with E-state index >= 15 is 0 Å². The smallest absolute Gasteiger partial charge is 0.157 e. The van der Waals surface area contributed by atoms with Gasteiger partial charge in [-0.3, -0.25) is 0 Å². The molecule has 0 aliphatic rings. The highest BCUT2D eigenvalue weighted by Crippen LogP contribution is 2.17. The Morgan fingerprint density at radius 3 is 2.80 bits per heavy atom. The third-order valence-corrected chi connectivity index (χ3v) is 2.92. The largest absolute Gasteiger partial charge is 0.212 e. The minimum atomic E-state index is 0.872. The van der Waals surface area contributed by atoms with Crippen LogP contribution in [0.5, 0.6) is 0 Å². The first-order valence-electron chi connectivity index (χ1n) is 5.28. The maximum Gasteiger partial charge on any atom is 0.157 e. The molecule has 0 bridgehead atoms. The fourth-order valence-corrected chi connectivity index (χ4v) is 2.18. The molecule has 80 valence electrons. The molecule has 2 aromatic rings. The maximum atomic E-state index is 4.46. The molecule has 0 amide bonds. The van der Waals surface area contributed by atoms with Crippen molar-refractivity contribution < 1.29 is 0 Å². The molecule has 0 fully saturated rings. The highest BCUT2D eigenvalue weighted by Gasteiger charge is 2.06. The molecule has 0 unspecified atom stereocenters. The van der Waals surface area contributed by atoms with E-state index in [0.717, 1.165) is 35.3 Å². The molecule has 0 N–H and O–H groups in total. The lowest BCUT2D eigenvalue weighted by Gasteiger charge is -2.01. The van der Waals surface area contributed by atoms with E-state index in [2.05, 4.69) is 52.0 Å². The third-order valence-electron chi connectivity index (χ3n) is 2.35. The van der Waals surface area contributed by atoms with Gasteiger partial charge in [-0.25, -0.2) is 9.50 Å². The van der Waals surface area contributed by atoms with Crippen LogP contribution in [-0.2, 0) is 12.8 Å². The number of rotatable bonds is 3. The molecule has 3 nitrogen and oxygen atoms in total. The van der Waals surface area contributed by atoms with Crippen molar-refractivity contribution in [2.24, 2.45) is 0 Å². The van der Waals surface area contributed by atoms with Crippen molar-refractivity contribution in [2.45, 2.75) is 33.1 Å². The summed E-state index contributed by atoms with van der Waals surface area (Å²) in [6, 6.07) is 4.23. The van der Waals surface area contributed by atoms with E-state index in [9.17, 15) is 0 Å². The molecule has 0 aliphatic carbocycles. The minimum absolute atomic E-state index is 0.872. The van der Waals surface area contributed by atoms with Crippen molar-refractivity contribution in [3.05, 3.63) is 28.1 Å². The topological polar surface area (TPSA) is 30.2 Å². The van der Waals surface area contributed by atoms with Gasteiger partial charge < -0.3 is 0 Å². The Morgan fingerprint density at radius 2 is 2.13 bits per heavy atom. The van der Waals surface area contributed by atoms with Gasteiger partial charge in [0.15, 0.2) is 11.5 Å². The van der Waals surface area contributed by atoms with Crippen molar-refractivity contribution in [1.29, 1.82) is 0 Å². The molecule has 2 rings (SSSR count). The zero-order valence-corrected chi connectivity index (χ0v) is 10.6. The van der Waals surface area contributed by atoms with Crippen molar-refractivity contribution in [1.82, 2.24) is 14.6 Å². The fourth-order valence-electron chi connectivity index (χ4n) is 1.62. The van der Waals surface area contributed by atoms with Crippen LogP contribution in [0.15, 0.2) is 16.7 Å². The molecule has 15 heavy (non-hydrogen) atoms. The molecule has 0 atom stereocenters. The zero-order valence-electron chi connectivity index (χ0n) is 9.00. The van der Waals surface area contributed by atoms with Crippen LogP contribution in [0.4, 0.5) is 0 Å². The number of aromatic nitrogens is 3. The summed E-state index contributed by atoms with van der Waals surface area (Å²) < 4.78 is 2.83. The summed E-state index contributed by atoms with van der Waals surface area (Å²) in [7, 11) is 0. The third kappa shape index (κ3) is 2.04. The Balaban J connectivity index is 2.54. The van der Waals surface area contributed by atoms with Crippen LogP contribution < -0.4 is 0 Å². The number of halogens is 1. The number of fused-ring (bicyclic) bond motifs is 1. The van der Waals surface area contributed by atoms with Gasteiger partial charge in [0.05, 0.1) is 0 Å². The zero-order chi connectivity index (χ0) is 10.8. The van der Waals surface area contributed by atoms with E-state index < -0.39 is 0 Å². The molecule has 2 aromatic heterocycles. The molecule has 0 radical (unpaired) electrons. The minimum Gasteiger partial charge on any atom is -0.212 e. The van der Waals surface area contributed by atoms with Crippen LogP contribution >= 0.6 is 15.9 Å². The average Bonchev–Trinajstić information content (AvgIpc) is 2.62. The lowest BCUT2D eigenvalue weighted by atomic mass is 10.1. The van der Waals surface area contributed by atoms with Crippen LogP contribution in [0.25, 0.3) is 5.65 Å². The first kappa shape index (κ1) is 10.6. The molecule has 0 saturated carbocycles. The molecule has 0 aliphatic heterocycles. The number of hydrogen-bond donors (Lipinski definition) is 0. The van der Waals surface area contributed by atoms with Gasteiger partial charge in [-0.1, -0.05) is 20.3 Å².